The molecule has 0 atom stereocenters. The molecule has 0 amide bonds. The van der Waals surface area contributed by atoms with Crippen molar-refractivity contribution < 1.29 is 18.4 Å². The number of aryl methyl sites for hydroxylation is 1. The number of nitrogens with one attached hydrogen (secondary N) is 1. The number of rotatable bonds is 15. The number of hydrogen-bond acceptors (Lipinski definition) is 6. The van der Waals surface area contributed by atoms with E-state index >= 15 is 0 Å². The van der Waals surface area contributed by atoms with Gasteiger partial charge in [-0.15, -0.1) is 0 Å². The van der Waals surface area contributed by atoms with E-state index in [2.05, 4.69) is 60.8 Å². The maximum Gasteiger partial charge on any atom is 0.119 e. The van der Waals surface area contributed by atoms with E-state index in [0.29, 0.717) is 39.6 Å². The normalized spacial score (nSPS) is 11.1. The summed E-state index contributed by atoms with van der Waals surface area (Å²) < 4.78 is 22.4. The summed E-state index contributed by atoms with van der Waals surface area (Å²) in [4.78, 5) is 1.09. The van der Waals surface area contributed by atoms with Crippen LogP contribution in [0.15, 0.2) is 77.7 Å². The van der Waals surface area contributed by atoms with E-state index in [4.69, 9.17) is 18.4 Å². The Morgan fingerprint density at radius 1 is 0.676 bits per heavy atom. The fourth-order valence-electron chi connectivity index (χ4n) is 2.97. The van der Waals surface area contributed by atoms with Gasteiger partial charge in [-0.2, -0.15) is 0 Å². The molecule has 0 aromatic heterocycles. The predicted molar refractivity (Wildman–Crippen MR) is 141 cm³/mol. The molecule has 5 nitrogen and oxygen atoms in total. The Morgan fingerprint density at radius 3 is 1.85 bits per heavy atom. The zero-order valence-electron chi connectivity index (χ0n) is 19.9. The number of hydrogen-bond donors (Lipinski definition) is 1. The van der Waals surface area contributed by atoms with Gasteiger partial charge in [0.2, 0.25) is 0 Å². The second-order valence-corrected chi connectivity index (χ2v) is 8.44. The van der Waals surface area contributed by atoms with E-state index in [1.165, 1.54) is 17.6 Å². The van der Waals surface area contributed by atoms with Gasteiger partial charge in [0.1, 0.15) is 12.4 Å². The van der Waals surface area contributed by atoms with Crippen molar-refractivity contribution >= 4 is 29.9 Å². The summed E-state index contributed by atoms with van der Waals surface area (Å²) >= 11 is 1.37. The van der Waals surface area contributed by atoms with Crippen LogP contribution in [0.2, 0.25) is 0 Å². The Kier molecular flexibility index (Phi) is 11.5. The van der Waals surface area contributed by atoms with E-state index in [0.717, 1.165) is 27.5 Å². The molecule has 0 unspecified atom stereocenters. The lowest BCUT2D eigenvalue weighted by atomic mass is 10.1. The first-order chi connectivity index (χ1) is 16.7. The average molecular weight is 480 g/mol. The SMILES string of the molecule is CNc1ccc(/C=C/c2ccc(OCCOCCOCCOSc3ccc(C)cc3)cc2)cc1. The maximum atomic E-state index is 5.74. The molecule has 0 fully saturated rings. The van der Waals surface area contributed by atoms with Crippen LogP contribution in [0.25, 0.3) is 12.2 Å². The molecule has 0 aliphatic heterocycles. The van der Waals surface area contributed by atoms with Gasteiger partial charge >= 0.3 is 0 Å². The molecule has 1 N–H and O–H groups in total. The molecule has 0 aliphatic carbocycles. The Labute approximate surface area is 207 Å². The maximum absolute atomic E-state index is 5.74. The van der Waals surface area contributed by atoms with Gasteiger partial charge in [0.15, 0.2) is 0 Å². The number of ether oxygens (including phenoxy) is 3. The smallest absolute Gasteiger partial charge is 0.119 e. The van der Waals surface area contributed by atoms with Gasteiger partial charge in [-0.25, -0.2) is 0 Å². The lowest BCUT2D eigenvalue weighted by molar-refractivity contribution is 0.0291. The van der Waals surface area contributed by atoms with Crippen molar-refractivity contribution in [2.75, 3.05) is 52.0 Å². The van der Waals surface area contributed by atoms with E-state index in [1.807, 2.05) is 43.4 Å². The van der Waals surface area contributed by atoms with Crippen molar-refractivity contribution in [3.63, 3.8) is 0 Å². The van der Waals surface area contributed by atoms with Crippen LogP contribution in [-0.2, 0) is 13.7 Å². The van der Waals surface area contributed by atoms with E-state index in [-0.39, 0.29) is 0 Å². The lowest BCUT2D eigenvalue weighted by Crippen LogP contribution is -2.12. The quantitative estimate of drug-likeness (QED) is 0.156. The summed E-state index contributed by atoms with van der Waals surface area (Å²) in [5.41, 5.74) is 4.63. The molecule has 3 aromatic rings. The third-order valence-corrected chi connectivity index (χ3v) is 5.65. The van der Waals surface area contributed by atoms with E-state index in [1.54, 1.807) is 0 Å². The van der Waals surface area contributed by atoms with Crippen LogP contribution in [0.3, 0.4) is 0 Å². The minimum absolute atomic E-state index is 0.503. The third-order valence-electron chi connectivity index (χ3n) is 4.90. The lowest BCUT2D eigenvalue weighted by Gasteiger charge is -2.08. The molecular formula is C28H33NO4S. The number of benzene rings is 3. The first-order valence-electron chi connectivity index (χ1n) is 11.4. The summed E-state index contributed by atoms with van der Waals surface area (Å²) in [5, 5.41) is 3.12. The topological polar surface area (TPSA) is 49.0 Å². The Bertz CT molecular complexity index is 973. The monoisotopic (exact) mass is 479 g/mol. The predicted octanol–water partition coefficient (Wildman–Crippen LogP) is 6.34. The van der Waals surface area contributed by atoms with Gasteiger partial charge in [0, 0.05) is 29.7 Å². The first-order valence-corrected chi connectivity index (χ1v) is 12.2. The second-order valence-electron chi connectivity index (χ2n) is 7.57. The van der Waals surface area contributed by atoms with Crippen molar-refractivity contribution in [3.8, 4) is 5.75 Å². The molecule has 6 heteroatoms. The second kappa shape index (κ2) is 15.2. The summed E-state index contributed by atoms with van der Waals surface area (Å²) in [7, 11) is 1.92. The molecule has 0 heterocycles. The molecule has 0 aliphatic rings. The fraction of sp³-hybridized carbons (Fsp3) is 0.286. The largest absolute Gasteiger partial charge is 0.491 e. The molecule has 0 bridgehead atoms. The zero-order chi connectivity index (χ0) is 23.8. The molecule has 34 heavy (non-hydrogen) atoms. The first kappa shape index (κ1) is 25.8. The van der Waals surface area contributed by atoms with Gasteiger partial charge in [0.25, 0.3) is 0 Å². The van der Waals surface area contributed by atoms with Crippen LogP contribution >= 0.6 is 12.0 Å². The third kappa shape index (κ3) is 10.0. The van der Waals surface area contributed by atoms with Crippen LogP contribution in [0.4, 0.5) is 5.69 Å². The van der Waals surface area contributed by atoms with Crippen LogP contribution in [-0.4, -0.2) is 46.7 Å². The van der Waals surface area contributed by atoms with Gasteiger partial charge < -0.3 is 23.7 Å². The summed E-state index contributed by atoms with van der Waals surface area (Å²) in [5.74, 6) is 0.832. The molecule has 0 saturated heterocycles. The average Bonchev–Trinajstić information content (AvgIpc) is 2.88. The summed E-state index contributed by atoms with van der Waals surface area (Å²) in [6.45, 7) is 5.25. The Morgan fingerprint density at radius 2 is 1.24 bits per heavy atom. The van der Waals surface area contributed by atoms with Crippen molar-refractivity contribution in [2.45, 2.75) is 11.8 Å². The molecule has 180 valence electrons. The van der Waals surface area contributed by atoms with Gasteiger partial charge in [0.05, 0.1) is 33.0 Å². The van der Waals surface area contributed by atoms with Crippen LogP contribution in [0.5, 0.6) is 5.75 Å². The molecule has 3 rings (SSSR count). The minimum atomic E-state index is 0.503. The molecule has 3 aromatic carbocycles. The van der Waals surface area contributed by atoms with Gasteiger partial charge in [-0.05, 0) is 54.4 Å². The number of anilines is 1. The Hall–Kier alpha value is -2.77. The molecule has 0 spiro atoms. The van der Waals surface area contributed by atoms with Crippen LogP contribution in [0.1, 0.15) is 16.7 Å². The van der Waals surface area contributed by atoms with Crippen molar-refractivity contribution in [2.24, 2.45) is 0 Å². The van der Waals surface area contributed by atoms with Gasteiger partial charge in [-0.3, -0.25) is 0 Å². The Balaban J connectivity index is 1.19. The fourth-order valence-corrected chi connectivity index (χ4v) is 3.50. The molecular weight excluding hydrogens is 446 g/mol. The van der Waals surface area contributed by atoms with E-state index < -0.39 is 0 Å². The highest BCUT2D eigenvalue weighted by atomic mass is 32.2. The highest BCUT2D eigenvalue weighted by Gasteiger charge is 1.97. The van der Waals surface area contributed by atoms with Gasteiger partial charge in [-0.1, -0.05) is 54.1 Å². The molecule has 0 saturated carbocycles. The standard InChI is InChI=1S/C28H33NO4S/c1-23-3-15-28(16-4-23)34-33-22-20-31-18-17-30-19-21-32-27-13-9-25(10-14-27)6-5-24-7-11-26(29-2)12-8-24/h3-16,29H,17-22H2,1-2H3/b6-5+. The van der Waals surface area contributed by atoms with Crippen molar-refractivity contribution in [1.82, 2.24) is 0 Å². The summed E-state index contributed by atoms with van der Waals surface area (Å²) in [6.07, 6.45) is 4.19. The minimum Gasteiger partial charge on any atom is -0.491 e. The molecule has 0 radical (unpaired) electrons. The van der Waals surface area contributed by atoms with Crippen molar-refractivity contribution in [1.29, 1.82) is 0 Å². The van der Waals surface area contributed by atoms with Crippen LogP contribution < -0.4 is 10.1 Å². The zero-order valence-corrected chi connectivity index (χ0v) is 20.7. The van der Waals surface area contributed by atoms with E-state index in [9.17, 15) is 0 Å². The summed E-state index contributed by atoms with van der Waals surface area (Å²) in [6, 6.07) is 24.6. The highest BCUT2D eigenvalue weighted by molar-refractivity contribution is 7.94. The highest BCUT2D eigenvalue weighted by Crippen LogP contribution is 2.19. The van der Waals surface area contributed by atoms with Crippen LogP contribution in [0, 0.1) is 6.92 Å². The van der Waals surface area contributed by atoms with Crippen molar-refractivity contribution in [3.05, 3.63) is 89.5 Å².